The maximum absolute atomic E-state index is 5.27. The van der Waals surface area contributed by atoms with Gasteiger partial charge in [0.25, 0.3) is 0 Å². The number of hydrogen-bond donors (Lipinski definition) is 0. The molecule has 0 spiro atoms. The molecular weight excluding hydrogens is 368 g/mol. The van der Waals surface area contributed by atoms with Gasteiger partial charge in [0, 0.05) is 28.9 Å². The number of para-hydroxylation sites is 1. The van der Waals surface area contributed by atoms with Gasteiger partial charge in [-0.25, -0.2) is 0 Å². The van der Waals surface area contributed by atoms with E-state index >= 15 is 0 Å². The molecule has 0 radical (unpaired) electrons. The van der Waals surface area contributed by atoms with E-state index in [1.54, 1.807) is 25.1 Å². The van der Waals surface area contributed by atoms with Crippen LogP contribution < -0.4 is 4.74 Å². The highest BCUT2D eigenvalue weighted by Crippen LogP contribution is 2.36. The van der Waals surface area contributed by atoms with Crippen molar-refractivity contribution in [2.45, 2.75) is 17.3 Å². The summed E-state index contributed by atoms with van der Waals surface area (Å²) in [5.74, 6) is 1.61. The van der Waals surface area contributed by atoms with E-state index in [4.69, 9.17) is 4.74 Å². The highest BCUT2D eigenvalue weighted by atomic mass is 32.2. The summed E-state index contributed by atoms with van der Waals surface area (Å²) in [6, 6.07) is 22.1. The zero-order valence-electron chi connectivity index (χ0n) is 15.7. The molecule has 0 amide bonds. The van der Waals surface area contributed by atoms with Crippen LogP contribution in [0.3, 0.4) is 0 Å². The summed E-state index contributed by atoms with van der Waals surface area (Å²) in [5.41, 5.74) is 3.17. The predicted molar refractivity (Wildman–Crippen MR) is 112 cm³/mol. The Morgan fingerprint density at radius 1 is 0.929 bits per heavy atom. The van der Waals surface area contributed by atoms with Crippen molar-refractivity contribution >= 4 is 11.8 Å². The van der Waals surface area contributed by atoms with Crippen molar-refractivity contribution in [1.29, 1.82) is 0 Å². The van der Waals surface area contributed by atoms with Crippen LogP contribution in [0.15, 0.2) is 84.3 Å². The summed E-state index contributed by atoms with van der Waals surface area (Å²) in [5, 5.41) is 10.0. The summed E-state index contributed by atoms with van der Waals surface area (Å²) in [6.45, 7) is 2.15. The van der Waals surface area contributed by atoms with Crippen molar-refractivity contribution < 1.29 is 4.74 Å². The number of rotatable bonds is 6. The van der Waals surface area contributed by atoms with E-state index < -0.39 is 0 Å². The number of nitrogens with zero attached hydrogens (tertiary/aromatic N) is 4. The molecule has 2 heterocycles. The third kappa shape index (κ3) is 3.77. The van der Waals surface area contributed by atoms with E-state index in [-0.39, 0.29) is 5.25 Å². The number of aromatic nitrogens is 4. The van der Waals surface area contributed by atoms with Crippen LogP contribution in [-0.4, -0.2) is 26.9 Å². The van der Waals surface area contributed by atoms with Crippen molar-refractivity contribution in [3.8, 4) is 22.8 Å². The van der Waals surface area contributed by atoms with Crippen LogP contribution in [0.1, 0.15) is 17.7 Å². The van der Waals surface area contributed by atoms with Crippen LogP contribution >= 0.6 is 11.8 Å². The summed E-state index contributed by atoms with van der Waals surface area (Å²) in [6.07, 6.45) is 3.68. The number of methoxy groups -OCH3 is 1. The molecule has 0 bridgehead atoms. The van der Waals surface area contributed by atoms with Gasteiger partial charge < -0.3 is 4.74 Å². The Labute approximate surface area is 168 Å². The number of benzene rings is 2. The second kappa shape index (κ2) is 8.27. The van der Waals surface area contributed by atoms with Crippen molar-refractivity contribution in [3.05, 3.63) is 84.7 Å². The van der Waals surface area contributed by atoms with Crippen LogP contribution in [0.5, 0.6) is 5.75 Å². The van der Waals surface area contributed by atoms with Crippen molar-refractivity contribution in [2.24, 2.45) is 0 Å². The number of pyridine rings is 1. The summed E-state index contributed by atoms with van der Waals surface area (Å²) >= 11 is 1.67. The van der Waals surface area contributed by atoms with Gasteiger partial charge in [0.2, 0.25) is 0 Å². The first-order chi connectivity index (χ1) is 13.8. The van der Waals surface area contributed by atoms with Gasteiger partial charge in [-0.15, -0.1) is 10.2 Å². The molecule has 0 aliphatic heterocycles. The molecule has 140 valence electrons. The van der Waals surface area contributed by atoms with Gasteiger partial charge in [-0.3, -0.25) is 9.55 Å². The fourth-order valence-electron chi connectivity index (χ4n) is 2.93. The minimum Gasteiger partial charge on any atom is -0.497 e. The molecule has 5 nitrogen and oxygen atoms in total. The van der Waals surface area contributed by atoms with Crippen LogP contribution in [0.4, 0.5) is 0 Å². The number of thioether (sulfide) groups is 1. The average molecular weight is 388 g/mol. The topological polar surface area (TPSA) is 52.8 Å². The fourth-order valence-corrected chi connectivity index (χ4v) is 3.90. The Balaban J connectivity index is 1.75. The molecule has 0 aliphatic carbocycles. The van der Waals surface area contributed by atoms with E-state index in [2.05, 4.69) is 44.9 Å². The monoisotopic (exact) mass is 388 g/mol. The van der Waals surface area contributed by atoms with E-state index in [0.717, 1.165) is 33.5 Å². The molecule has 0 aliphatic rings. The van der Waals surface area contributed by atoms with Gasteiger partial charge in [-0.2, -0.15) is 0 Å². The second-order valence-corrected chi connectivity index (χ2v) is 7.56. The normalized spacial score (nSPS) is 11.9. The predicted octanol–water partition coefficient (Wildman–Crippen LogP) is 5.19. The first-order valence-electron chi connectivity index (χ1n) is 8.98. The van der Waals surface area contributed by atoms with Crippen LogP contribution in [0.2, 0.25) is 0 Å². The maximum atomic E-state index is 5.27. The highest BCUT2D eigenvalue weighted by Gasteiger charge is 2.19. The molecule has 1 unspecified atom stereocenters. The average Bonchev–Trinajstić information content (AvgIpc) is 3.18. The quantitative estimate of drug-likeness (QED) is 0.425. The lowest BCUT2D eigenvalue weighted by atomic mass is 10.2. The molecule has 4 rings (SSSR count). The van der Waals surface area contributed by atoms with E-state index in [1.165, 1.54) is 0 Å². The minimum atomic E-state index is 0.198. The zero-order chi connectivity index (χ0) is 19.3. The first-order valence-corrected chi connectivity index (χ1v) is 9.86. The lowest BCUT2D eigenvalue weighted by Gasteiger charge is -2.14. The molecule has 28 heavy (non-hydrogen) atoms. The minimum absolute atomic E-state index is 0.198. The Morgan fingerprint density at radius 3 is 2.39 bits per heavy atom. The molecule has 0 saturated carbocycles. The Morgan fingerprint density at radius 2 is 1.71 bits per heavy atom. The van der Waals surface area contributed by atoms with Gasteiger partial charge in [0.1, 0.15) is 5.75 Å². The molecule has 4 aromatic rings. The Hall–Kier alpha value is -3.12. The molecule has 0 saturated heterocycles. The number of hydrogen-bond acceptors (Lipinski definition) is 5. The van der Waals surface area contributed by atoms with Gasteiger partial charge in [-0.1, -0.05) is 36.0 Å². The number of ether oxygens (including phenoxy) is 1. The SMILES string of the molecule is COc1ccc(-c2nnc(SC(C)c3cccnc3)n2-c2ccccc2)cc1. The molecule has 0 fully saturated rings. The molecular formula is C22H20N4OS. The maximum Gasteiger partial charge on any atom is 0.196 e. The summed E-state index contributed by atoms with van der Waals surface area (Å²) < 4.78 is 7.37. The third-order valence-corrected chi connectivity index (χ3v) is 5.53. The molecule has 2 aromatic carbocycles. The van der Waals surface area contributed by atoms with Crippen molar-refractivity contribution in [1.82, 2.24) is 19.7 Å². The lowest BCUT2D eigenvalue weighted by molar-refractivity contribution is 0.415. The third-order valence-electron chi connectivity index (χ3n) is 4.43. The summed E-state index contributed by atoms with van der Waals surface area (Å²) in [7, 11) is 1.66. The van der Waals surface area contributed by atoms with Gasteiger partial charge >= 0.3 is 0 Å². The molecule has 1 atom stereocenters. The standard InChI is InChI=1S/C22H20N4OS/c1-16(18-7-6-14-23-15-18)28-22-25-24-21(17-10-12-20(27-2)13-11-17)26(22)19-8-4-3-5-9-19/h3-16H,1-2H3. The smallest absolute Gasteiger partial charge is 0.196 e. The van der Waals surface area contributed by atoms with E-state index in [1.807, 2.05) is 54.7 Å². The van der Waals surface area contributed by atoms with Gasteiger partial charge in [0.15, 0.2) is 11.0 Å². The zero-order valence-corrected chi connectivity index (χ0v) is 16.5. The Bertz CT molecular complexity index is 1030. The van der Waals surface area contributed by atoms with Crippen LogP contribution in [-0.2, 0) is 0 Å². The first kappa shape index (κ1) is 18.3. The highest BCUT2D eigenvalue weighted by molar-refractivity contribution is 7.99. The Kier molecular flexibility index (Phi) is 5.39. The molecule has 2 aromatic heterocycles. The van der Waals surface area contributed by atoms with Crippen molar-refractivity contribution in [2.75, 3.05) is 7.11 Å². The van der Waals surface area contributed by atoms with Crippen molar-refractivity contribution in [3.63, 3.8) is 0 Å². The lowest BCUT2D eigenvalue weighted by Crippen LogP contribution is -2.00. The fraction of sp³-hybridized carbons (Fsp3) is 0.136. The van der Waals surface area contributed by atoms with E-state index in [9.17, 15) is 0 Å². The molecule has 6 heteroatoms. The van der Waals surface area contributed by atoms with Gasteiger partial charge in [0.05, 0.1) is 7.11 Å². The van der Waals surface area contributed by atoms with Crippen LogP contribution in [0.25, 0.3) is 17.1 Å². The van der Waals surface area contributed by atoms with Gasteiger partial charge in [-0.05, 0) is 55.0 Å². The second-order valence-electron chi connectivity index (χ2n) is 6.25. The van der Waals surface area contributed by atoms with E-state index in [0.29, 0.717) is 0 Å². The summed E-state index contributed by atoms with van der Waals surface area (Å²) in [4.78, 5) is 4.23. The largest absolute Gasteiger partial charge is 0.497 e. The van der Waals surface area contributed by atoms with Crippen LogP contribution in [0, 0.1) is 0 Å². The molecule has 0 N–H and O–H groups in total.